The molecule has 2 nitrogen and oxygen atoms in total. The normalized spacial score (nSPS) is 21.3. The largest absolute Gasteiger partial charge is 0.378 e. The van der Waals surface area contributed by atoms with Crippen LogP contribution in [0.5, 0.6) is 0 Å². The molecule has 1 aliphatic rings. The van der Waals surface area contributed by atoms with Gasteiger partial charge in [-0.1, -0.05) is 19.1 Å². The molecule has 0 radical (unpaired) electrons. The summed E-state index contributed by atoms with van der Waals surface area (Å²) in [5, 5.41) is 3.52. The van der Waals surface area contributed by atoms with Crippen molar-refractivity contribution in [2.75, 3.05) is 13.2 Å². The van der Waals surface area contributed by atoms with E-state index in [4.69, 9.17) is 4.74 Å². The number of rotatable bonds is 6. The molecule has 3 heteroatoms. The third kappa shape index (κ3) is 4.92. The van der Waals surface area contributed by atoms with Gasteiger partial charge in [0, 0.05) is 12.6 Å². The molecule has 0 amide bonds. The Bertz CT molecular complexity index is 360. The number of halogens is 1. The highest BCUT2D eigenvalue weighted by molar-refractivity contribution is 5.17. The molecule has 1 N–H and O–H groups in total. The van der Waals surface area contributed by atoms with Gasteiger partial charge in [0.05, 0.1) is 6.10 Å². The van der Waals surface area contributed by atoms with E-state index < -0.39 is 0 Å². The van der Waals surface area contributed by atoms with Gasteiger partial charge in [-0.2, -0.15) is 0 Å². The SMILES string of the molecule is CCNC(Cc1ccc(F)cc1)CC1CCCCO1. The minimum Gasteiger partial charge on any atom is -0.378 e. The van der Waals surface area contributed by atoms with Crippen LogP contribution in [0.25, 0.3) is 0 Å². The van der Waals surface area contributed by atoms with Gasteiger partial charge in [0.1, 0.15) is 5.82 Å². The highest BCUT2D eigenvalue weighted by Gasteiger charge is 2.19. The van der Waals surface area contributed by atoms with E-state index in [1.807, 2.05) is 12.1 Å². The van der Waals surface area contributed by atoms with Crippen molar-refractivity contribution in [2.24, 2.45) is 0 Å². The number of nitrogens with one attached hydrogen (secondary N) is 1. The van der Waals surface area contributed by atoms with Crippen LogP contribution in [-0.4, -0.2) is 25.3 Å². The number of hydrogen-bond acceptors (Lipinski definition) is 2. The van der Waals surface area contributed by atoms with E-state index in [0.717, 1.165) is 26.0 Å². The molecule has 0 aliphatic carbocycles. The molecule has 1 aromatic carbocycles. The van der Waals surface area contributed by atoms with Crippen LogP contribution in [0.2, 0.25) is 0 Å². The Morgan fingerprint density at radius 1 is 1.32 bits per heavy atom. The summed E-state index contributed by atoms with van der Waals surface area (Å²) >= 11 is 0. The molecule has 2 atom stereocenters. The van der Waals surface area contributed by atoms with Crippen molar-refractivity contribution in [1.82, 2.24) is 5.32 Å². The second-order valence-corrected chi connectivity index (χ2v) is 5.31. The topological polar surface area (TPSA) is 21.3 Å². The van der Waals surface area contributed by atoms with Crippen LogP contribution in [0.1, 0.15) is 38.2 Å². The van der Waals surface area contributed by atoms with Gasteiger partial charge in [0.15, 0.2) is 0 Å². The molecule has 19 heavy (non-hydrogen) atoms. The number of likely N-dealkylation sites (N-methyl/N-ethyl adjacent to an activating group) is 1. The molecule has 1 saturated heterocycles. The number of hydrogen-bond donors (Lipinski definition) is 1. The van der Waals surface area contributed by atoms with Crippen molar-refractivity contribution >= 4 is 0 Å². The Morgan fingerprint density at radius 3 is 2.74 bits per heavy atom. The first-order valence-electron chi connectivity index (χ1n) is 7.37. The highest BCUT2D eigenvalue weighted by Crippen LogP contribution is 2.19. The van der Waals surface area contributed by atoms with Crippen molar-refractivity contribution < 1.29 is 9.13 Å². The number of ether oxygens (including phenoxy) is 1. The van der Waals surface area contributed by atoms with Gasteiger partial charge >= 0.3 is 0 Å². The summed E-state index contributed by atoms with van der Waals surface area (Å²) in [5.74, 6) is -0.167. The first kappa shape index (κ1) is 14.5. The van der Waals surface area contributed by atoms with Crippen molar-refractivity contribution in [3.63, 3.8) is 0 Å². The summed E-state index contributed by atoms with van der Waals surface area (Å²) < 4.78 is 18.7. The van der Waals surface area contributed by atoms with E-state index in [1.54, 1.807) is 0 Å². The maximum Gasteiger partial charge on any atom is 0.123 e. The summed E-state index contributed by atoms with van der Waals surface area (Å²) in [4.78, 5) is 0. The first-order chi connectivity index (χ1) is 9.28. The van der Waals surface area contributed by atoms with Gasteiger partial charge in [-0.05, 0) is 56.3 Å². The maximum atomic E-state index is 12.9. The molecule has 0 spiro atoms. The van der Waals surface area contributed by atoms with Crippen LogP contribution in [0.15, 0.2) is 24.3 Å². The lowest BCUT2D eigenvalue weighted by molar-refractivity contribution is 0.00535. The third-order valence-corrected chi connectivity index (χ3v) is 3.71. The fraction of sp³-hybridized carbons (Fsp3) is 0.625. The summed E-state index contributed by atoms with van der Waals surface area (Å²) in [5.41, 5.74) is 1.18. The van der Waals surface area contributed by atoms with E-state index in [1.165, 1.54) is 37.0 Å². The van der Waals surface area contributed by atoms with Gasteiger partial charge in [-0.15, -0.1) is 0 Å². The van der Waals surface area contributed by atoms with E-state index >= 15 is 0 Å². The van der Waals surface area contributed by atoms with Crippen molar-refractivity contribution in [1.29, 1.82) is 0 Å². The molecular weight excluding hydrogens is 241 g/mol. The first-order valence-corrected chi connectivity index (χ1v) is 7.37. The standard InChI is InChI=1S/C16H24FNO/c1-2-18-15(12-16-5-3-4-10-19-16)11-13-6-8-14(17)9-7-13/h6-9,15-16,18H,2-5,10-12H2,1H3. The predicted octanol–water partition coefficient (Wildman–Crippen LogP) is 3.31. The molecule has 1 heterocycles. The Morgan fingerprint density at radius 2 is 2.11 bits per heavy atom. The zero-order valence-electron chi connectivity index (χ0n) is 11.7. The molecule has 1 aromatic rings. The molecule has 0 bridgehead atoms. The lowest BCUT2D eigenvalue weighted by atomic mass is 9.97. The molecule has 1 aliphatic heterocycles. The fourth-order valence-corrected chi connectivity index (χ4v) is 2.74. The molecular formula is C16H24FNO. The van der Waals surface area contributed by atoms with Crippen LogP contribution in [0.3, 0.4) is 0 Å². The van der Waals surface area contributed by atoms with E-state index in [9.17, 15) is 4.39 Å². The Kier molecular flexibility index (Phi) is 5.80. The number of benzene rings is 1. The molecule has 0 saturated carbocycles. The highest BCUT2D eigenvalue weighted by atomic mass is 19.1. The van der Waals surface area contributed by atoms with Gasteiger partial charge in [0.25, 0.3) is 0 Å². The van der Waals surface area contributed by atoms with Crippen LogP contribution in [0, 0.1) is 5.82 Å². The molecule has 2 rings (SSSR count). The average molecular weight is 265 g/mol. The third-order valence-electron chi connectivity index (χ3n) is 3.71. The maximum absolute atomic E-state index is 12.9. The zero-order chi connectivity index (χ0) is 13.5. The van der Waals surface area contributed by atoms with E-state index in [2.05, 4.69) is 12.2 Å². The van der Waals surface area contributed by atoms with Crippen molar-refractivity contribution in [2.45, 2.75) is 51.2 Å². The monoisotopic (exact) mass is 265 g/mol. The lowest BCUT2D eigenvalue weighted by Crippen LogP contribution is -2.36. The van der Waals surface area contributed by atoms with Gasteiger partial charge < -0.3 is 10.1 Å². The molecule has 2 unspecified atom stereocenters. The van der Waals surface area contributed by atoms with E-state index in [0.29, 0.717) is 12.1 Å². The molecule has 106 valence electrons. The van der Waals surface area contributed by atoms with Crippen molar-refractivity contribution in [3.05, 3.63) is 35.6 Å². The Hall–Kier alpha value is -0.930. The summed E-state index contributed by atoms with van der Waals surface area (Å²) in [7, 11) is 0. The van der Waals surface area contributed by atoms with Gasteiger partial charge in [-0.3, -0.25) is 0 Å². The van der Waals surface area contributed by atoms with Crippen molar-refractivity contribution in [3.8, 4) is 0 Å². The quantitative estimate of drug-likeness (QED) is 0.852. The van der Waals surface area contributed by atoms with Gasteiger partial charge in [0.2, 0.25) is 0 Å². The Labute approximate surface area is 115 Å². The minimum absolute atomic E-state index is 0.167. The minimum atomic E-state index is -0.167. The smallest absolute Gasteiger partial charge is 0.123 e. The second-order valence-electron chi connectivity index (χ2n) is 5.31. The predicted molar refractivity (Wildman–Crippen MR) is 75.8 cm³/mol. The lowest BCUT2D eigenvalue weighted by Gasteiger charge is -2.27. The average Bonchev–Trinajstić information content (AvgIpc) is 2.43. The van der Waals surface area contributed by atoms with Crippen LogP contribution in [-0.2, 0) is 11.2 Å². The van der Waals surface area contributed by atoms with Crippen LogP contribution < -0.4 is 5.32 Å². The molecule has 1 fully saturated rings. The summed E-state index contributed by atoms with van der Waals surface area (Å²) in [6.45, 7) is 3.98. The van der Waals surface area contributed by atoms with Gasteiger partial charge in [-0.25, -0.2) is 4.39 Å². The van der Waals surface area contributed by atoms with Crippen LogP contribution in [0.4, 0.5) is 4.39 Å². The van der Waals surface area contributed by atoms with E-state index in [-0.39, 0.29) is 5.82 Å². The molecule has 0 aromatic heterocycles. The van der Waals surface area contributed by atoms with Crippen LogP contribution >= 0.6 is 0 Å². The summed E-state index contributed by atoms with van der Waals surface area (Å²) in [6.07, 6.45) is 6.02. The zero-order valence-corrected chi connectivity index (χ0v) is 11.7. The fourth-order valence-electron chi connectivity index (χ4n) is 2.74. The summed E-state index contributed by atoms with van der Waals surface area (Å²) in [6, 6.07) is 7.24. The Balaban J connectivity index is 1.89. The second kappa shape index (κ2) is 7.61.